The second kappa shape index (κ2) is 5.14. The molecular weight excluding hydrogens is 154 g/mol. The van der Waals surface area contributed by atoms with Gasteiger partial charge in [-0.25, -0.2) is 0 Å². The Kier molecular flexibility index (Phi) is 4.90. The van der Waals surface area contributed by atoms with E-state index in [1.165, 1.54) is 0 Å². The number of carbonyl (C=O) groups excluding carboxylic acids is 1. The number of hydrogen-bond donors (Lipinski definition) is 2. The van der Waals surface area contributed by atoms with Gasteiger partial charge in [-0.15, -0.1) is 0 Å². The van der Waals surface area contributed by atoms with Crippen molar-refractivity contribution in [3.8, 4) is 0 Å². The average Bonchev–Trinajstić information content (AvgIpc) is 2.89. The summed E-state index contributed by atoms with van der Waals surface area (Å²) in [5, 5.41) is 11.6. The van der Waals surface area contributed by atoms with E-state index in [0.29, 0.717) is 6.42 Å². The summed E-state index contributed by atoms with van der Waals surface area (Å²) < 4.78 is 0. The van der Waals surface area contributed by atoms with Crippen molar-refractivity contribution in [3.05, 3.63) is 0 Å². The molecule has 12 heavy (non-hydrogen) atoms. The van der Waals surface area contributed by atoms with Crippen LogP contribution in [-0.4, -0.2) is 23.2 Å². The summed E-state index contributed by atoms with van der Waals surface area (Å²) in [5.74, 6) is 0.0338. The molecule has 0 aromatic heterocycles. The normalized spacial score (nSPS) is 17.3. The smallest absolute Gasteiger partial charge is 0.220 e. The van der Waals surface area contributed by atoms with E-state index >= 15 is 0 Å². The molecule has 0 bridgehead atoms. The molecule has 0 saturated heterocycles. The van der Waals surface area contributed by atoms with Gasteiger partial charge in [0.2, 0.25) is 5.91 Å². The van der Waals surface area contributed by atoms with Crippen molar-refractivity contribution in [2.75, 3.05) is 6.61 Å². The van der Waals surface area contributed by atoms with Crippen molar-refractivity contribution in [2.24, 2.45) is 0 Å². The summed E-state index contributed by atoms with van der Waals surface area (Å²) in [6.45, 7) is 5.89. The lowest BCUT2D eigenvalue weighted by Gasteiger charge is -2.12. The van der Waals surface area contributed by atoms with E-state index < -0.39 is 0 Å². The molecule has 1 saturated carbocycles. The van der Waals surface area contributed by atoms with Gasteiger partial charge in [-0.2, -0.15) is 0 Å². The fourth-order valence-electron chi connectivity index (χ4n) is 0.858. The maximum Gasteiger partial charge on any atom is 0.220 e. The lowest BCUT2D eigenvalue weighted by molar-refractivity contribution is -0.122. The predicted molar refractivity (Wildman–Crippen MR) is 48.8 cm³/mol. The molecule has 3 nitrogen and oxygen atoms in total. The molecule has 72 valence electrons. The highest BCUT2D eigenvalue weighted by Gasteiger charge is 2.42. The minimum Gasteiger partial charge on any atom is -0.394 e. The van der Waals surface area contributed by atoms with Crippen LogP contribution in [0.3, 0.4) is 0 Å². The first kappa shape index (κ1) is 11.4. The standard InChI is InChI=1S/C7H13NO2.C2H6/c1-2-6(10)8-7(5-9)3-4-7;1-2/h9H,2-5H2,1H3,(H,8,10);1-2H3. The zero-order valence-electron chi connectivity index (χ0n) is 8.18. The Balaban J connectivity index is 0.000000561. The number of hydrogen-bond acceptors (Lipinski definition) is 2. The van der Waals surface area contributed by atoms with Crippen LogP contribution in [0.25, 0.3) is 0 Å². The highest BCUT2D eigenvalue weighted by atomic mass is 16.3. The number of amides is 1. The fourth-order valence-corrected chi connectivity index (χ4v) is 0.858. The molecule has 0 spiro atoms. The SMILES string of the molecule is CC.CCC(=O)NC1(CO)CC1. The highest BCUT2D eigenvalue weighted by molar-refractivity contribution is 5.76. The minimum atomic E-state index is -0.229. The van der Waals surface area contributed by atoms with E-state index in [-0.39, 0.29) is 18.1 Å². The molecule has 0 aromatic carbocycles. The molecule has 0 aliphatic heterocycles. The van der Waals surface area contributed by atoms with Crippen molar-refractivity contribution in [1.29, 1.82) is 0 Å². The highest BCUT2D eigenvalue weighted by Crippen LogP contribution is 2.34. The van der Waals surface area contributed by atoms with Gasteiger partial charge in [-0.05, 0) is 12.8 Å². The lowest BCUT2D eigenvalue weighted by atomic mass is 10.3. The van der Waals surface area contributed by atoms with Gasteiger partial charge in [0.15, 0.2) is 0 Å². The van der Waals surface area contributed by atoms with E-state index in [1.54, 1.807) is 0 Å². The third kappa shape index (κ3) is 3.22. The second-order valence-electron chi connectivity index (χ2n) is 2.84. The maximum absolute atomic E-state index is 10.8. The Morgan fingerprint density at radius 1 is 1.50 bits per heavy atom. The number of rotatable bonds is 3. The second-order valence-corrected chi connectivity index (χ2v) is 2.84. The van der Waals surface area contributed by atoms with Crippen LogP contribution in [0.4, 0.5) is 0 Å². The molecule has 3 heteroatoms. The fraction of sp³-hybridized carbons (Fsp3) is 0.889. The molecule has 2 N–H and O–H groups in total. The molecular formula is C9H19NO2. The number of nitrogens with one attached hydrogen (secondary N) is 1. The Morgan fingerprint density at radius 3 is 2.25 bits per heavy atom. The number of aliphatic hydroxyl groups is 1. The zero-order valence-corrected chi connectivity index (χ0v) is 8.18. The van der Waals surface area contributed by atoms with Gasteiger partial charge in [0, 0.05) is 6.42 Å². The van der Waals surface area contributed by atoms with E-state index in [4.69, 9.17) is 5.11 Å². The summed E-state index contributed by atoms with van der Waals surface area (Å²) in [6, 6.07) is 0. The lowest BCUT2D eigenvalue weighted by Crippen LogP contribution is -2.39. The first-order valence-corrected chi connectivity index (χ1v) is 4.64. The molecule has 1 aliphatic rings. The summed E-state index contributed by atoms with van der Waals surface area (Å²) in [5.41, 5.74) is -0.229. The Bertz CT molecular complexity index is 141. The molecule has 1 rings (SSSR count). The number of carbonyl (C=O) groups is 1. The zero-order chi connectivity index (χ0) is 9.61. The molecule has 1 aliphatic carbocycles. The molecule has 0 unspecified atom stereocenters. The van der Waals surface area contributed by atoms with Crippen LogP contribution >= 0.6 is 0 Å². The van der Waals surface area contributed by atoms with Crippen LogP contribution in [0.15, 0.2) is 0 Å². The quantitative estimate of drug-likeness (QED) is 0.670. The average molecular weight is 173 g/mol. The van der Waals surface area contributed by atoms with Crippen molar-refractivity contribution in [2.45, 2.75) is 45.6 Å². The van der Waals surface area contributed by atoms with Gasteiger partial charge >= 0.3 is 0 Å². The van der Waals surface area contributed by atoms with Crippen molar-refractivity contribution in [3.63, 3.8) is 0 Å². The van der Waals surface area contributed by atoms with Gasteiger partial charge in [-0.1, -0.05) is 20.8 Å². The van der Waals surface area contributed by atoms with Gasteiger partial charge in [0.25, 0.3) is 0 Å². The van der Waals surface area contributed by atoms with Crippen LogP contribution in [0.1, 0.15) is 40.0 Å². The molecule has 1 amide bonds. The first-order valence-electron chi connectivity index (χ1n) is 4.64. The topological polar surface area (TPSA) is 49.3 Å². The van der Waals surface area contributed by atoms with Crippen molar-refractivity contribution < 1.29 is 9.90 Å². The Morgan fingerprint density at radius 2 is 2.00 bits per heavy atom. The third-order valence-electron chi connectivity index (χ3n) is 1.88. The van der Waals surface area contributed by atoms with Gasteiger partial charge in [-0.3, -0.25) is 4.79 Å². The van der Waals surface area contributed by atoms with Crippen LogP contribution in [0.2, 0.25) is 0 Å². The van der Waals surface area contributed by atoms with Crippen LogP contribution < -0.4 is 5.32 Å². The minimum absolute atomic E-state index is 0.0338. The first-order chi connectivity index (χ1) is 5.72. The molecule has 1 fully saturated rings. The Labute approximate surface area is 74.2 Å². The monoisotopic (exact) mass is 173 g/mol. The molecule has 0 heterocycles. The van der Waals surface area contributed by atoms with Gasteiger partial charge in [0.05, 0.1) is 12.1 Å². The Hall–Kier alpha value is -0.570. The molecule has 0 radical (unpaired) electrons. The molecule has 0 atom stereocenters. The largest absolute Gasteiger partial charge is 0.394 e. The van der Waals surface area contributed by atoms with Crippen LogP contribution in [0, 0.1) is 0 Å². The summed E-state index contributed by atoms with van der Waals surface area (Å²) in [6.07, 6.45) is 2.35. The van der Waals surface area contributed by atoms with Crippen LogP contribution in [0.5, 0.6) is 0 Å². The van der Waals surface area contributed by atoms with E-state index in [2.05, 4.69) is 5.32 Å². The third-order valence-corrected chi connectivity index (χ3v) is 1.88. The van der Waals surface area contributed by atoms with Gasteiger partial charge < -0.3 is 10.4 Å². The van der Waals surface area contributed by atoms with Crippen molar-refractivity contribution >= 4 is 5.91 Å². The molecule has 0 aromatic rings. The summed E-state index contributed by atoms with van der Waals surface area (Å²) >= 11 is 0. The van der Waals surface area contributed by atoms with Gasteiger partial charge in [0.1, 0.15) is 0 Å². The van der Waals surface area contributed by atoms with E-state index in [0.717, 1.165) is 12.8 Å². The van der Waals surface area contributed by atoms with Crippen molar-refractivity contribution in [1.82, 2.24) is 5.32 Å². The predicted octanol–water partition coefficient (Wildman–Crippen LogP) is 1.06. The summed E-state index contributed by atoms with van der Waals surface area (Å²) in [4.78, 5) is 10.8. The maximum atomic E-state index is 10.8. The van der Waals surface area contributed by atoms with E-state index in [9.17, 15) is 4.79 Å². The van der Waals surface area contributed by atoms with Crippen LogP contribution in [-0.2, 0) is 4.79 Å². The summed E-state index contributed by atoms with van der Waals surface area (Å²) in [7, 11) is 0. The van der Waals surface area contributed by atoms with E-state index in [1.807, 2.05) is 20.8 Å². The number of aliphatic hydroxyl groups excluding tert-OH is 1.